The molecule has 0 spiro atoms. The molecule has 2 N–H and O–H groups in total. The third kappa shape index (κ3) is 0.723. The molecular weight excluding hydrogens is 152 g/mol. The van der Waals surface area contributed by atoms with Crippen molar-refractivity contribution in [2.24, 2.45) is 17.3 Å². The monoisotopic (exact) mass is 168 g/mol. The smallest absolute Gasteiger partial charge is 0.0667 e. The molecule has 2 aliphatic carbocycles. The van der Waals surface area contributed by atoms with Gasteiger partial charge in [-0.2, -0.15) is 0 Å². The summed E-state index contributed by atoms with van der Waals surface area (Å²) in [6.45, 7) is 8.18. The Morgan fingerprint density at radius 2 is 2.00 bits per heavy atom. The highest BCUT2D eigenvalue weighted by Gasteiger charge is 2.58. The van der Waals surface area contributed by atoms with Crippen molar-refractivity contribution in [2.75, 3.05) is 0 Å². The first-order valence-electron chi connectivity index (χ1n) is 4.51. The molecule has 4 atom stereocenters. The molecule has 2 bridgehead atoms. The van der Waals surface area contributed by atoms with Crippen molar-refractivity contribution in [1.29, 1.82) is 0 Å². The fourth-order valence-electron chi connectivity index (χ4n) is 2.85. The number of hydrogen-bond acceptors (Lipinski definition) is 2. The van der Waals surface area contributed by atoms with Crippen LogP contribution < -0.4 is 0 Å². The van der Waals surface area contributed by atoms with E-state index in [0.29, 0.717) is 0 Å². The van der Waals surface area contributed by atoms with Crippen molar-refractivity contribution in [3.8, 4) is 0 Å². The highest BCUT2D eigenvalue weighted by molar-refractivity contribution is 5.28. The largest absolute Gasteiger partial charge is 0.392 e. The predicted molar refractivity (Wildman–Crippen MR) is 46.5 cm³/mol. The summed E-state index contributed by atoms with van der Waals surface area (Å²) in [5.41, 5.74) is 1.04. The average Bonchev–Trinajstić information content (AvgIpc) is 2.31. The summed E-state index contributed by atoms with van der Waals surface area (Å²) in [5, 5.41) is 19.4. The normalized spacial score (nSPS) is 50.2. The first-order chi connectivity index (χ1) is 5.46. The quantitative estimate of drug-likeness (QED) is 0.528. The Bertz CT molecular complexity index is 232. The third-order valence-electron chi connectivity index (χ3n) is 3.85. The molecule has 2 nitrogen and oxygen atoms in total. The topological polar surface area (TPSA) is 40.5 Å². The second kappa shape index (κ2) is 2.12. The Morgan fingerprint density at radius 1 is 1.42 bits per heavy atom. The van der Waals surface area contributed by atoms with E-state index < -0.39 is 0 Å². The Kier molecular flexibility index (Phi) is 1.46. The molecule has 12 heavy (non-hydrogen) atoms. The lowest BCUT2D eigenvalue weighted by atomic mass is 9.72. The minimum atomic E-state index is -0.359. The summed E-state index contributed by atoms with van der Waals surface area (Å²) >= 11 is 0. The summed E-state index contributed by atoms with van der Waals surface area (Å²) in [7, 11) is 0. The van der Waals surface area contributed by atoms with Gasteiger partial charge in [0.15, 0.2) is 0 Å². The summed E-state index contributed by atoms with van der Waals surface area (Å²) in [6.07, 6.45) is 0.0192. The molecule has 0 saturated heterocycles. The molecule has 2 aliphatic rings. The molecule has 0 heterocycles. The van der Waals surface area contributed by atoms with E-state index in [0.717, 1.165) is 12.0 Å². The Morgan fingerprint density at radius 3 is 2.33 bits per heavy atom. The van der Waals surface area contributed by atoms with Crippen LogP contribution in [0.15, 0.2) is 12.2 Å². The molecule has 0 aromatic heterocycles. The van der Waals surface area contributed by atoms with Crippen molar-refractivity contribution in [3.05, 3.63) is 12.2 Å². The van der Waals surface area contributed by atoms with Gasteiger partial charge in [-0.1, -0.05) is 26.0 Å². The van der Waals surface area contributed by atoms with E-state index in [1.807, 2.05) is 0 Å². The summed E-state index contributed by atoms with van der Waals surface area (Å²) in [5.74, 6) is 0.148. The molecule has 0 amide bonds. The number of hydrogen-bond donors (Lipinski definition) is 2. The molecule has 2 fully saturated rings. The summed E-state index contributed by atoms with van der Waals surface area (Å²) in [6, 6.07) is 0. The van der Waals surface area contributed by atoms with Crippen LogP contribution in [0.2, 0.25) is 0 Å². The highest BCUT2D eigenvalue weighted by atomic mass is 16.3. The van der Waals surface area contributed by atoms with Crippen molar-refractivity contribution in [3.63, 3.8) is 0 Å². The maximum absolute atomic E-state index is 9.78. The SMILES string of the molecule is C=C1[C@@H]2[C@H](O)[C@H](C[C@H]2O)C1(C)C. The van der Waals surface area contributed by atoms with E-state index in [-0.39, 0.29) is 29.5 Å². The van der Waals surface area contributed by atoms with Gasteiger partial charge in [0.2, 0.25) is 0 Å². The zero-order valence-electron chi connectivity index (χ0n) is 7.62. The highest BCUT2D eigenvalue weighted by Crippen LogP contribution is 2.58. The van der Waals surface area contributed by atoms with E-state index in [1.165, 1.54) is 0 Å². The van der Waals surface area contributed by atoms with Crippen molar-refractivity contribution in [2.45, 2.75) is 32.5 Å². The van der Waals surface area contributed by atoms with E-state index in [4.69, 9.17) is 0 Å². The second-order valence-corrected chi connectivity index (χ2v) is 4.67. The molecular formula is C10H16O2. The van der Waals surface area contributed by atoms with Crippen LogP contribution in [0.4, 0.5) is 0 Å². The predicted octanol–water partition coefficient (Wildman–Crippen LogP) is 0.940. The van der Waals surface area contributed by atoms with Gasteiger partial charge in [0, 0.05) is 5.92 Å². The molecule has 0 aromatic carbocycles. The molecule has 2 saturated carbocycles. The van der Waals surface area contributed by atoms with E-state index in [9.17, 15) is 10.2 Å². The van der Waals surface area contributed by atoms with Gasteiger partial charge >= 0.3 is 0 Å². The maximum Gasteiger partial charge on any atom is 0.0667 e. The third-order valence-corrected chi connectivity index (χ3v) is 3.85. The number of fused-ring (bicyclic) bond motifs is 2. The maximum atomic E-state index is 9.78. The Balaban J connectivity index is 2.39. The van der Waals surface area contributed by atoms with Crippen LogP contribution in [0.25, 0.3) is 0 Å². The van der Waals surface area contributed by atoms with E-state index in [1.54, 1.807) is 0 Å². The first kappa shape index (κ1) is 8.27. The summed E-state index contributed by atoms with van der Waals surface area (Å²) < 4.78 is 0. The van der Waals surface area contributed by atoms with Crippen LogP contribution in [0.3, 0.4) is 0 Å². The lowest BCUT2D eigenvalue weighted by Gasteiger charge is -2.33. The molecule has 0 unspecified atom stereocenters. The van der Waals surface area contributed by atoms with E-state index in [2.05, 4.69) is 20.4 Å². The van der Waals surface area contributed by atoms with Crippen LogP contribution in [-0.4, -0.2) is 22.4 Å². The van der Waals surface area contributed by atoms with Gasteiger partial charge in [-0.25, -0.2) is 0 Å². The molecule has 68 valence electrons. The fraction of sp³-hybridized carbons (Fsp3) is 0.800. The zero-order chi connectivity index (χ0) is 9.09. The molecule has 2 rings (SSSR count). The fourth-order valence-corrected chi connectivity index (χ4v) is 2.85. The van der Waals surface area contributed by atoms with Gasteiger partial charge in [0.25, 0.3) is 0 Å². The second-order valence-electron chi connectivity index (χ2n) is 4.67. The lowest BCUT2D eigenvalue weighted by molar-refractivity contribution is 0.0912. The lowest BCUT2D eigenvalue weighted by Crippen LogP contribution is -2.29. The average molecular weight is 168 g/mol. The standard InChI is InChI=1S/C10H16O2/c1-5-8-7(11)4-6(9(8)12)10(5,2)3/h6-9,11-12H,1,4H2,2-3H3/t6-,7+,8-,9+/m0/s1. The first-order valence-corrected chi connectivity index (χ1v) is 4.51. The zero-order valence-corrected chi connectivity index (χ0v) is 7.62. The Hall–Kier alpha value is -0.340. The van der Waals surface area contributed by atoms with Crippen LogP contribution in [0.1, 0.15) is 20.3 Å². The summed E-state index contributed by atoms with van der Waals surface area (Å²) in [4.78, 5) is 0. The molecule has 0 radical (unpaired) electrons. The van der Waals surface area contributed by atoms with Crippen molar-refractivity contribution >= 4 is 0 Å². The molecule has 0 aromatic rings. The molecule has 2 heteroatoms. The van der Waals surface area contributed by atoms with Gasteiger partial charge in [0.05, 0.1) is 12.2 Å². The molecule has 0 aliphatic heterocycles. The van der Waals surface area contributed by atoms with Crippen molar-refractivity contribution in [1.82, 2.24) is 0 Å². The van der Waals surface area contributed by atoms with Gasteiger partial charge in [-0.05, 0) is 17.8 Å². The van der Waals surface area contributed by atoms with Crippen LogP contribution in [0, 0.1) is 17.3 Å². The number of aliphatic hydroxyl groups is 2. The van der Waals surface area contributed by atoms with Gasteiger partial charge < -0.3 is 10.2 Å². The van der Waals surface area contributed by atoms with Crippen LogP contribution in [-0.2, 0) is 0 Å². The Labute approximate surface area is 72.9 Å². The minimum absolute atomic E-state index is 0.0172. The van der Waals surface area contributed by atoms with Crippen LogP contribution >= 0.6 is 0 Å². The van der Waals surface area contributed by atoms with Crippen LogP contribution in [0.5, 0.6) is 0 Å². The van der Waals surface area contributed by atoms with E-state index >= 15 is 0 Å². The number of aliphatic hydroxyl groups excluding tert-OH is 2. The number of rotatable bonds is 0. The van der Waals surface area contributed by atoms with Gasteiger partial charge in [-0.15, -0.1) is 0 Å². The minimum Gasteiger partial charge on any atom is -0.392 e. The van der Waals surface area contributed by atoms with Crippen molar-refractivity contribution < 1.29 is 10.2 Å². The van der Waals surface area contributed by atoms with Gasteiger partial charge in [0.1, 0.15) is 0 Å². The van der Waals surface area contributed by atoms with Gasteiger partial charge in [-0.3, -0.25) is 0 Å².